The van der Waals surface area contributed by atoms with E-state index in [4.69, 9.17) is 16.3 Å². The molecule has 156 valence electrons. The average Bonchev–Trinajstić information content (AvgIpc) is 2.73. The monoisotopic (exact) mass is 444 g/mol. The quantitative estimate of drug-likeness (QED) is 0.524. The van der Waals surface area contributed by atoms with Crippen molar-refractivity contribution < 1.29 is 17.9 Å². The number of benzene rings is 3. The van der Waals surface area contributed by atoms with E-state index in [-0.39, 0.29) is 24.0 Å². The Hall–Kier alpha value is -2.87. The molecule has 0 atom stereocenters. The number of sulfonamides is 1. The van der Waals surface area contributed by atoms with E-state index < -0.39 is 10.0 Å². The van der Waals surface area contributed by atoms with Gasteiger partial charge in [0.2, 0.25) is 10.0 Å². The molecule has 3 aromatic rings. The van der Waals surface area contributed by atoms with Crippen LogP contribution in [-0.4, -0.2) is 27.5 Å². The summed E-state index contributed by atoms with van der Waals surface area (Å²) in [6, 6.07) is 22.3. The van der Waals surface area contributed by atoms with Gasteiger partial charge in [0.1, 0.15) is 5.75 Å². The third kappa shape index (κ3) is 6.59. The molecule has 30 heavy (non-hydrogen) atoms. The molecule has 0 radical (unpaired) electrons. The van der Waals surface area contributed by atoms with Gasteiger partial charge in [-0.05, 0) is 60.5 Å². The van der Waals surface area contributed by atoms with Gasteiger partial charge in [-0.25, -0.2) is 13.1 Å². The Balaban J connectivity index is 1.49. The van der Waals surface area contributed by atoms with Gasteiger partial charge in [-0.3, -0.25) is 4.79 Å². The molecule has 0 bridgehead atoms. The molecule has 0 saturated carbocycles. The highest BCUT2D eigenvalue weighted by atomic mass is 35.5. The fourth-order valence-corrected chi connectivity index (χ4v) is 3.84. The number of ether oxygens (including phenoxy) is 1. The lowest BCUT2D eigenvalue weighted by Gasteiger charge is -2.10. The van der Waals surface area contributed by atoms with Crippen LogP contribution in [0.25, 0.3) is 0 Å². The van der Waals surface area contributed by atoms with E-state index in [9.17, 15) is 13.2 Å². The van der Waals surface area contributed by atoms with Crippen molar-refractivity contribution in [2.75, 3.05) is 18.5 Å². The summed E-state index contributed by atoms with van der Waals surface area (Å²) in [7, 11) is -3.60. The predicted octanol–water partition coefficient (Wildman–Crippen LogP) is 3.88. The molecule has 0 aromatic heterocycles. The number of rotatable bonds is 9. The topological polar surface area (TPSA) is 84.5 Å². The minimum Gasteiger partial charge on any atom is -0.484 e. The van der Waals surface area contributed by atoms with E-state index in [1.54, 1.807) is 30.3 Å². The predicted molar refractivity (Wildman–Crippen MR) is 117 cm³/mol. The summed E-state index contributed by atoms with van der Waals surface area (Å²) < 4.78 is 32.7. The number of hydrogen-bond donors (Lipinski definition) is 2. The molecule has 0 fully saturated rings. The Kier molecular flexibility index (Phi) is 7.46. The van der Waals surface area contributed by atoms with Crippen molar-refractivity contribution in [3.05, 3.63) is 89.4 Å². The van der Waals surface area contributed by atoms with Gasteiger partial charge in [0.05, 0.1) is 4.90 Å². The zero-order valence-electron chi connectivity index (χ0n) is 16.0. The first-order valence-electron chi connectivity index (χ1n) is 9.24. The Morgan fingerprint density at radius 1 is 0.933 bits per heavy atom. The van der Waals surface area contributed by atoms with E-state index in [1.165, 1.54) is 24.3 Å². The molecule has 0 unspecified atom stereocenters. The van der Waals surface area contributed by atoms with Gasteiger partial charge in [0.25, 0.3) is 5.91 Å². The maximum atomic E-state index is 12.3. The van der Waals surface area contributed by atoms with Crippen LogP contribution in [0, 0.1) is 0 Å². The maximum Gasteiger partial charge on any atom is 0.262 e. The van der Waals surface area contributed by atoms with Crippen molar-refractivity contribution >= 4 is 33.2 Å². The molecule has 0 heterocycles. The zero-order valence-corrected chi connectivity index (χ0v) is 17.6. The van der Waals surface area contributed by atoms with Gasteiger partial charge >= 0.3 is 0 Å². The number of carbonyl (C=O) groups excluding carboxylic acids is 1. The van der Waals surface area contributed by atoms with Crippen LogP contribution >= 0.6 is 11.6 Å². The maximum absolute atomic E-state index is 12.3. The SMILES string of the molecule is O=C(COc1cccc(CCNS(=O)(=O)c2ccc(Cl)cc2)c1)Nc1ccccc1. The lowest BCUT2D eigenvalue weighted by Crippen LogP contribution is -2.26. The van der Waals surface area contributed by atoms with Crippen molar-refractivity contribution in [2.24, 2.45) is 0 Å². The number of amides is 1. The van der Waals surface area contributed by atoms with Crippen LogP contribution in [0.15, 0.2) is 83.8 Å². The lowest BCUT2D eigenvalue weighted by atomic mass is 10.1. The van der Waals surface area contributed by atoms with Crippen molar-refractivity contribution in [3.8, 4) is 5.75 Å². The number of halogens is 1. The first-order valence-corrected chi connectivity index (χ1v) is 11.1. The van der Waals surface area contributed by atoms with Gasteiger partial charge in [-0.1, -0.05) is 41.9 Å². The number of carbonyl (C=O) groups is 1. The normalized spacial score (nSPS) is 11.1. The van der Waals surface area contributed by atoms with Gasteiger partial charge in [0.15, 0.2) is 6.61 Å². The highest BCUT2D eigenvalue weighted by Crippen LogP contribution is 2.16. The van der Waals surface area contributed by atoms with E-state index in [0.717, 1.165) is 5.56 Å². The molecule has 0 spiro atoms. The first-order chi connectivity index (χ1) is 14.4. The van der Waals surface area contributed by atoms with Crippen molar-refractivity contribution in [3.63, 3.8) is 0 Å². The minimum absolute atomic E-state index is 0.123. The van der Waals surface area contributed by atoms with Crippen LogP contribution in [0.5, 0.6) is 5.75 Å². The van der Waals surface area contributed by atoms with Crippen LogP contribution in [0.3, 0.4) is 0 Å². The molecule has 0 aliphatic rings. The fraction of sp³-hybridized carbons (Fsp3) is 0.136. The van der Waals surface area contributed by atoms with Crippen LogP contribution in [-0.2, 0) is 21.2 Å². The fourth-order valence-electron chi connectivity index (χ4n) is 2.69. The molecule has 3 aromatic carbocycles. The van der Waals surface area contributed by atoms with Gasteiger partial charge < -0.3 is 10.1 Å². The Labute approximate surface area is 180 Å². The van der Waals surface area contributed by atoms with Crippen LogP contribution in [0.4, 0.5) is 5.69 Å². The Bertz CT molecular complexity index is 1090. The van der Waals surface area contributed by atoms with Crippen LogP contribution < -0.4 is 14.8 Å². The lowest BCUT2D eigenvalue weighted by molar-refractivity contribution is -0.118. The van der Waals surface area contributed by atoms with E-state index >= 15 is 0 Å². The van der Waals surface area contributed by atoms with E-state index in [2.05, 4.69) is 10.0 Å². The van der Waals surface area contributed by atoms with Crippen molar-refractivity contribution in [1.82, 2.24) is 4.72 Å². The highest BCUT2D eigenvalue weighted by Gasteiger charge is 2.13. The van der Waals surface area contributed by atoms with E-state index in [0.29, 0.717) is 22.9 Å². The summed E-state index contributed by atoms with van der Waals surface area (Å²) in [5.74, 6) is 0.276. The van der Waals surface area contributed by atoms with Crippen LogP contribution in [0.2, 0.25) is 5.02 Å². The third-order valence-electron chi connectivity index (χ3n) is 4.16. The molecular weight excluding hydrogens is 424 g/mol. The Morgan fingerprint density at radius 2 is 1.67 bits per heavy atom. The summed E-state index contributed by atoms with van der Waals surface area (Å²) in [6.45, 7) is 0.102. The summed E-state index contributed by atoms with van der Waals surface area (Å²) in [6.07, 6.45) is 0.472. The number of hydrogen-bond acceptors (Lipinski definition) is 4. The number of anilines is 1. The van der Waals surface area contributed by atoms with Crippen molar-refractivity contribution in [2.45, 2.75) is 11.3 Å². The highest BCUT2D eigenvalue weighted by molar-refractivity contribution is 7.89. The van der Waals surface area contributed by atoms with Gasteiger partial charge in [0, 0.05) is 17.3 Å². The summed E-state index contributed by atoms with van der Waals surface area (Å²) >= 11 is 5.79. The molecule has 8 heteroatoms. The molecule has 2 N–H and O–H groups in total. The number of nitrogens with one attached hydrogen (secondary N) is 2. The smallest absolute Gasteiger partial charge is 0.262 e. The second kappa shape index (κ2) is 10.2. The molecule has 3 rings (SSSR count). The standard InChI is InChI=1S/C22H21ClN2O4S/c23-18-9-11-21(12-10-18)30(27,28)24-14-13-17-5-4-8-20(15-17)29-16-22(26)25-19-6-2-1-3-7-19/h1-12,15,24H,13-14,16H2,(H,25,26). The molecule has 0 aliphatic heterocycles. The van der Waals surface area contributed by atoms with Crippen molar-refractivity contribution in [1.29, 1.82) is 0 Å². The second-order valence-electron chi connectivity index (χ2n) is 6.45. The Morgan fingerprint density at radius 3 is 2.40 bits per heavy atom. The van der Waals surface area contributed by atoms with Gasteiger partial charge in [-0.15, -0.1) is 0 Å². The summed E-state index contributed by atoms with van der Waals surface area (Å²) in [4.78, 5) is 12.1. The number of para-hydroxylation sites is 1. The minimum atomic E-state index is -3.60. The first kappa shape index (κ1) is 21.8. The second-order valence-corrected chi connectivity index (χ2v) is 8.66. The van der Waals surface area contributed by atoms with E-state index in [1.807, 2.05) is 24.3 Å². The van der Waals surface area contributed by atoms with Crippen LogP contribution in [0.1, 0.15) is 5.56 Å². The molecular formula is C22H21ClN2O4S. The summed E-state index contributed by atoms with van der Waals surface area (Å²) in [5, 5.41) is 3.22. The zero-order chi connectivity index (χ0) is 21.4. The molecule has 1 amide bonds. The molecule has 6 nitrogen and oxygen atoms in total. The molecule has 0 aliphatic carbocycles. The average molecular weight is 445 g/mol. The summed E-state index contributed by atoms with van der Waals surface area (Å²) in [5.41, 5.74) is 1.59. The molecule has 0 saturated heterocycles. The largest absolute Gasteiger partial charge is 0.484 e. The third-order valence-corrected chi connectivity index (χ3v) is 5.88. The van der Waals surface area contributed by atoms with Gasteiger partial charge in [-0.2, -0.15) is 0 Å².